The lowest BCUT2D eigenvalue weighted by Gasteiger charge is -2.12. The van der Waals surface area contributed by atoms with Gasteiger partial charge in [0.1, 0.15) is 23.9 Å². The van der Waals surface area contributed by atoms with Crippen LogP contribution in [-0.4, -0.2) is 25.7 Å². The number of carbonyl (C=O) groups is 1. The fourth-order valence-corrected chi connectivity index (χ4v) is 3.29. The molecule has 0 unspecified atom stereocenters. The zero-order valence-corrected chi connectivity index (χ0v) is 16.8. The van der Waals surface area contributed by atoms with E-state index in [0.29, 0.717) is 11.5 Å². The molecular weight excluding hydrogens is 392 g/mol. The van der Waals surface area contributed by atoms with Gasteiger partial charge < -0.3 is 14.6 Å². The molecule has 150 valence electrons. The summed E-state index contributed by atoms with van der Waals surface area (Å²) in [5.74, 6) is -0.0962. The number of rotatable bonds is 7. The Morgan fingerprint density at radius 1 is 0.931 bits per heavy atom. The highest BCUT2D eigenvalue weighted by Crippen LogP contribution is 2.29. The summed E-state index contributed by atoms with van der Waals surface area (Å²) in [4.78, 5) is 11.6. The van der Waals surface area contributed by atoms with E-state index in [1.807, 2.05) is 31.2 Å². The van der Waals surface area contributed by atoms with E-state index >= 15 is 0 Å². The van der Waals surface area contributed by atoms with Crippen LogP contribution in [0, 0.1) is 6.92 Å². The normalized spacial score (nSPS) is 11.1. The van der Waals surface area contributed by atoms with E-state index in [2.05, 4.69) is 0 Å². The van der Waals surface area contributed by atoms with Gasteiger partial charge in [-0.05, 0) is 54.4 Å². The molecule has 3 rings (SSSR count). The van der Waals surface area contributed by atoms with Gasteiger partial charge in [-0.2, -0.15) is 0 Å². The molecule has 3 aromatic rings. The van der Waals surface area contributed by atoms with Crippen molar-refractivity contribution in [3.8, 4) is 17.2 Å². The molecule has 0 aromatic heterocycles. The smallest absolute Gasteiger partial charge is 0.335 e. The quantitative estimate of drug-likeness (QED) is 0.616. The highest BCUT2D eigenvalue weighted by atomic mass is 32.2. The lowest BCUT2D eigenvalue weighted by Crippen LogP contribution is -2.01. The number of ether oxygens (including phenoxy) is 2. The maximum absolute atomic E-state index is 11.6. The van der Waals surface area contributed by atoms with Gasteiger partial charge in [0, 0.05) is 12.3 Å². The molecule has 7 heteroatoms. The largest absolute Gasteiger partial charge is 0.489 e. The fraction of sp³-hybridized carbons (Fsp3) is 0.136. The highest BCUT2D eigenvalue weighted by Gasteiger charge is 2.11. The number of sulfone groups is 1. The first-order chi connectivity index (χ1) is 13.7. The number of hydrogen-bond donors (Lipinski definition) is 1. The summed E-state index contributed by atoms with van der Waals surface area (Å²) in [6.07, 6.45) is 1.12. The van der Waals surface area contributed by atoms with Crippen molar-refractivity contribution in [2.45, 2.75) is 18.4 Å². The summed E-state index contributed by atoms with van der Waals surface area (Å²) in [7, 11) is -3.31. The summed E-state index contributed by atoms with van der Waals surface area (Å²) in [5.41, 5.74) is 2.09. The highest BCUT2D eigenvalue weighted by molar-refractivity contribution is 7.90. The molecule has 0 amide bonds. The van der Waals surface area contributed by atoms with E-state index in [9.17, 15) is 18.3 Å². The molecule has 0 atom stereocenters. The molecule has 0 aliphatic carbocycles. The van der Waals surface area contributed by atoms with Gasteiger partial charge in [-0.3, -0.25) is 0 Å². The molecule has 6 nitrogen and oxygen atoms in total. The third kappa shape index (κ3) is 5.36. The molecule has 29 heavy (non-hydrogen) atoms. The summed E-state index contributed by atoms with van der Waals surface area (Å²) in [6, 6.07) is 18.1. The second kappa shape index (κ2) is 8.36. The Morgan fingerprint density at radius 2 is 1.59 bits per heavy atom. The molecule has 3 aromatic carbocycles. The van der Waals surface area contributed by atoms with E-state index in [1.54, 1.807) is 6.07 Å². The first-order valence-corrected chi connectivity index (χ1v) is 10.7. The van der Waals surface area contributed by atoms with Crippen molar-refractivity contribution >= 4 is 15.8 Å². The van der Waals surface area contributed by atoms with Crippen LogP contribution in [0.15, 0.2) is 71.6 Å². The van der Waals surface area contributed by atoms with Crippen molar-refractivity contribution in [3.05, 3.63) is 83.4 Å². The average molecular weight is 412 g/mol. The Balaban J connectivity index is 1.83. The predicted molar refractivity (Wildman–Crippen MR) is 109 cm³/mol. The van der Waals surface area contributed by atoms with E-state index in [1.165, 1.54) is 36.4 Å². The van der Waals surface area contributed by atoms with E-state index < -0.39 is 15.8 Å². The van der Waals surface area contributed by atoms with Gasteiger partial charge in [0.15, 0.2) is 9.84 Å². The van der Waals surface area contributed by atoms with E-state index in [0.717, 1.165) is 17.4 Å². The molecule has 0 radical (unpaired) electrons. The maximum Gasteiger partial charge on any atom is 0.335 e. The van der Waals surface area contributed by atoms with Crippen LogP contribution in [-0.2, 0) is 16.4 Å². The Morgan fingerprint density at radius 3 is 2.21 bits per heavy atom. The second-order valence-corrected chi connectivity index (χ2v) is 8.57. The van der Waals surface area contributed by atoms with Crippen molar-refractivity contribution in [2.75, 3.05) is 6.26 Å². The summed E-state index contributed by atoms with van der Waals surface area (Å²) in [5, 5.41) is 9.38. The Kier molecular flexibility index (Phi) is 5.89. The lowest BCUT2D eigenvalue weighted by atomic mass is 10.1. The number of benzene rings is 3. The van der Waals surface area contributed by atoms with Gasteiger partial charge in [-0.15, -0.1) is 0 Å². The molecule has 0 aliphatic heterocycles. The van der Waals surface area contributed by atoms with Gasteiger partial charge >= 0.3 is 5.97 Å². The van der Waals surface area contributed by atoms with Crippen LogP contribution in [0.5, 0.6) is 17.2 Å². The zero-order valence-electron chi connectivity index (χ0n) is 16.0. The number of aryl methyl sites for hydroxylation is 1. The number of carboxylic acids is 1. The van der Waals surface area contributed by atoms with Crippen LogP contribution >= 0.6 is 0 Å². The minimum atomic E-state index is -3.31. The van der Waals surface area contributed by atoms with Crippen LogP contribution < -0.4 is 9.47 Å². The second-order valence-electron chi connectivity index (χ2n) is 6.56. The first kappa shape index (κ1) is 20.4. The molecule has 1 N–H and O–H groups in total. The van der Waals surface area contributed by atoms with Gasteiger partial charge in [0.25, 0.3) is 0 Å². The number of aromatic carboxylic acids is 1. The monoisotopic (exact) mass is 412 g/mol. The molecule has 0 spiro atoms. The molecular formula is C22H20O6S. The third-order valence-electron chi connectivity index (χ3n) is 4.27. The standard InChI is InChI=1S/C22H20O6S/c1-15-5-3-4-6-16(15)14-27-19-11-17(22(23)24)12-20(13-19)28-18-7-9-21(10-8-18)29(2,25)26/h3-13H,14H2,1-2H3,(H,23,24). The first-order valence-electron chi connectivity index (χ1n) is 8.76. The van der Waals surface area contributed by atoms with Gasteiger partial charge in [-0.1, -0.05) is 24.3 Å². The van der Waals surface area contributed by atoms with Gasteiger partial charge in [-0.25, -0.2) is 13.2 Å². The average Bonchev–Trinajstić information content (AvgIpc) is 2.67. The van der Waals surface area contributed by atoms with E-state index in [-0.39, 0.29) is 22.8 Å². The Labute approximate surface area is 169 Å². The fourth-order valence-electron chi connectivity index (χ4n) is 2.66. The summed E-state index contributed by atoms with van der Waals surface area (Å²) >= 11 is 0. The topological polar surface area (TPSA) is 89.9 Å². The molecule has 0 aliphatic rings. The van der Waals surface area contributed by atoms with E-state index in [4.69, 9.17) is 9.47 Å². The Bertz CT molecular complexity index is 1130. The number of carboxylic acid groups (broad SMARTS) is 1. The van der Waals surface area contributed by atoms with Crippen molar-refractivity contribution < 1.29 is 27.8 Å². The summed E-state index contributed by atoms with van der Waals surface area (Å²) in [6.45, 7) is 2.26. The maximum atomic E-state index is 11.6. The molecule has 0 heterocycles. The molecule has 0 fully saturated rings. The number of hydrogen-bond acceptors (Lipinski definition) is 5. The van der Waals surface area contributed by atoms with Crippen molar-refractivity contribution in [1.29, 1.82) is 0 Å². The lowest BCUT2D eigenvalue weighted by molar-refractivity contribution is 0.0696. The van der Waals surface area contributed by atoms with Crippen LogP contribution in [0.1, 0.15) is 21.5 Å². The van der Waals surface area contributed by atoms with Gasteiger partial charge in [0.05, 0.1) is 10.5 Å². The van der Waals surface area contributed by atoms with Gasteiger partial charge in [0.2, 0.25) is 0 Å². The third-order valence-corrected chi connectivity index (χ3v) is 5.40. The Hall–Kier alpha value is -3.32. The van der Waals surface area contributed by atoms with Crippen LogP contribution in [0.4, 0.5) is 0 Å². The summed E-state index contributed by atoms with van der Waals surface area (Å²) < 4.78 is 34.6. The minimum absolute atomic E-state index is 0.0232. The molecule has 0 bridgehead atoms. The van der Waals surface area contributed by atoms with Crippen LogP contribution in [0.25, 0.3) is 0 Å². The molecule has 0 saturated carbocycles. The van der Waals surface area contributed by atoms with Crippen LogP contribution in [0.3, 0.4) is 0 Å². The minimum Gasteiger partial charge on any atom is -0.489 e. The zero-order chi connectivity index (χ0) is 21.0. The SMILES string of the molecule is Cc1ccccc1COc1cc(Oc2ccc(S(C)(=O)=O)cc2)cc(C(=O)O)c1. The van der Waals surface area contributed by atoms with Crippen molar-refractivity contribution in [2.24, 2.45) is 0 Å². The van der Waals surface area contributed by atoms with Crippen molar-refractivity contribution in [3.63, 3.8) is 0 Å². The molecule has 0 saturated heterocycles. The predicted octanol–water partition coefficient (Wildman–Crippen LogP) is 4.47. The van der Waals surface area contributed by atoms with Crippen LogP contribution in [0.2, 0.25) is 0 Å². The van der Waals surface area contributed by atoms with Crippen molar-refractivity contribution in [1.82, 2.24) is 0 Å².